The number of likely N-dealkylation sites (tertiary alicyclic amines) is 1. The van der Waals surface area contributed by atoms with Gasteiger partial charge in [0, 0.05) is 24.0 Å². The van der Waals surface area contributed by atoms with Crippen LogP contribution in [0, 0.1) is 29.5 Å². The van der Waals surface area contributed by atoms with Crippen LogP contribution in [-0.2, 0) is 11.2 Å². The highest BCUT2D eigenvalue weighted by atomic mass is 35.5. The number of nitrogens with zero attached hydrogens (tertiary/aromatic N) is 3. The number of fused-ring (bicyclic) bond motifs is 1. The Balaban J connectivity index is 1.26. The van der Waals surface area contributed by atoms with E-state index in [9.17, 15) is 14.4 Å². The molecule has 3 aromatic rings. The normalized spacial score (nSPS) is 18.7. The molecule has 2 aliphatic heterocycles. The van der Waals surface area contributed by atoms with E-state index in [1.165, 1.54) is 12.1 Å². The van der Waals surface area contributed by atoms with Gasteiger partial charge in [-0.15, -0.1) is 11.3 Å². The summed E-state index contributed by atoms with van der Waals surface area (Å²) >= 11 is 8.03. The number of amides is 1. The zero-order valence-electron chi connectivity index (χ0n) is 19.2. The zero-order chi connectivity index (χ0) is 24.6. The number of ether oxygens (including phenoxy) is 1. The van der Waals surface area contributed by atoms with Crippen LogP contribution in [0.15, 0.2) is 41.8 Å². The van der Waals surface area contributed by atoms with Crippen molar-refractivity contribution in [2.45, 2.75) is 32.3 Å². The number of rotatable bonds is 4. The number of halogens is 2. The van der Waals surface area contributed by atoms with Gasteiger partial charge in [0.15, 0.2) is 6.10 Å². The Morgan fingerprint density at radius 3 is 2.74 bits per heavy atom. The van der Waals surface area contributed by atoms with Crippen molar-refractivity contribution in [3.8, 4) is 23.1 Å². The SMILES string of the molecule is Cc1nc(-c2cc3c(cc2Cl)NCC(C(=O)N2CCC(C#N)(Cc4ccc(F)cc4)CC2)O3)cs1. The first-order valence-electron chi connectivity index (χ1n) is 11.5. The summed E-state index contributed by atoms with van der Waals surface area (Å²) < 4.78 is 19.4. The molecule has 0 aliphatic carbocycles. The van der Waals surface area contributed by atoms with Crippen molar-refractivity contribution >= 4 is 34.5 Å². The Bertz CT molecular complexity index is 1300. The van der Waals surface area contributed by atoms with Crippen molar-refractivity contribution in [2.75, 3.05) is 25.0 Å². The van der Waals surface area contributed by atoms with Crippen LogP contribution in [-0.4, -0.2) is 41.5 Å². The Morgan fingerprint density at radius 1 is 1.34 bits per heavy atom. The summed E-state index contributed by atoms with van der Waals surface area (Å²) in [4.78, 5) is 19.6. The number of carbonyl (C=O) groups excluding carboxylic acids is 1. The molecule has 35 heavy (non-hydrogen) atoms. The molecule has 5 rings (SSSR count). The molecule has 1 unspecified atom stereocenters. The smallest absolute Gasteiger partial charge is 0.265 e. The van der Waals surface area contributed by atoms with Crippen molar-refractivity contribution in [3.05, 3.63) is 63.2 Å². The van der Waals surface area contributed by atoms with E-state index in [4.69, 9.17) is 16.3 Å². The molecule has 3 heterocycles. The Morgan fingerprint density at radius 2 is 2.09 bits per heavy atom. The van der Waals surface area contributed by atoms with Gasteiger partial charge in [-0.2, -0.15) is 5.26 Å². The van der Waals surface area contributed by atoms with Gasteiger partial charge in [0.1, 0.15) is 11.6 Å². The molecule has 6 nitrogen and oxygen atoms in total. The molecular weight excluding hydrogens is 487 g/mol. The van der Waals surface area contributed by atoms with Crippen LogP contribution in [0.3, 0.4) is 0 Å². The lowest BCUT2D eigenvalue weighted by Gasteiger charge is -2.39. The van der Waals surface area contributed by atoms with Crippen LogP contribution in [0.1, 0.15) is 23.4 Å². The first kappa shape index (κ1) is 23.6. The maximum absolute atomic E-state index is 13.3. The first-order chi connectivity index (χ1) is 16.9. The summed E-state index contributed by atoms with van der Waals surface area (Å²) in [5.74, 6) is 0.177. The number of carbonyl (C=O) groups is 1. The Labute approximate surface area is 212 Å². The largest absolute Gasteiger partial charge is 0.477 e. The molecule has 1 amide bonds. The van der Waals surface area contributed by atoms with Gasteiger partial charge >= 0.3 is 0 Å². The van der Waals surface area contributed by atoms with Crippen molar-refractivity contribution in [3.63, 3.8) is 0 Å². The summed E-state index contributed by atoms with van der Waals surface area (Å²) in [6, 6.07) is 12.4. The molecule has 1 aromatic heterocycles. The average molecular weight is 511 g/mol. The maximum Gasteiger partial charge on any atom is 0.265 e. The summed E-state index contributed by atoms with van der Waals surface area (Å²) in [6.07, 6.45) is 0.999. The standard InChI is InChI=1S/C26H24ClFN4O2S/c1-16-31-22(14-35-16)19-10-23-21(11-20(19)27)30-13-24(34-23)25(33)32-8-6-26(15-29,7-9-32)12-17-2-4-18(28)5-3-17/h2-5,10-11,14,24,30H,6-9,12-13H2,1H3. The van der Waals surface area contributed by atoms with Crippen LogP contribution in [0.4, 0.5) is 10.1 Å². The maximum atomic E-state index is 13.3. The van der Waals surface area contributed by atoms with Crippen LogP contribution in [0.2, 0.25) is 5.02 Å². The number of benzene rings is 2. The monoisotopic (exact) mass is 510 g/mol. The average Bonchev–Trinajstić information content (AvgIpc) is 3.30. The minimum atomic E-state index is -0.666. The molecule has 1 N–H and O–H groups in total. The van der Waals surface area contributed by atoms with E-state index < -0.39 is 11.5 Å². The fraction of sp³-hybridized carbons (Fsp3) is 0.346. The number of hydrogen-bond donors (Lipinski definition) is 1. The lowest BCUT2D eigenvalue weighted by molar-refractivity contribution is -0.140. The lowest BCUT2D eigenvalue weighted by Crippen LogP contribution is -2.51. The van der Waals surface area contributed by atoms with E-state index in [-0.39, 0.29) is 11.7 Å². The molecular formula is C26H24ClFN4O2S. The van der Waals surface area contributed by atoms with E-state index in [0.29, 0.717) is 49.7 Å². The van der Waals surface area contributed by atoms with E-state index in [1.807, 2.05) is 18.4 Å². The molecule has 2 aliphatic rings. The van der Waals surface area contributed by atoms with E-state index >= 15 is 0 Å². The zero-order valence-corrected chi connectivity index (χ0v) is 20.8. The molecule has 0 bridgehead atoms. The van der Waals surface area contributed by atoms with Crippen molar-refractivity contribution in [2.24, 2.45) is 5.41 Å². The van der Waals surface area contributed by atoms with Gasteiger partial charge in [-0.3, -0.25) is 4.79 Å². The second-order valence-electron chi connectivity index (χ2n) is 9.09. The first-order valence-corrected chi connectivity index (χ1v) is 12.7. The fourth-order valence-electron chi connectivity index (χ4n) is 4.69. The van der Waals surface area contributed by atoms with Crippen LogP contribution >= 0.6 is 22.9 Å². The predicted molar refractivity (Wildman–Crippen MR) is 134 cm³/mol. The molecule has 0 saturated carbocycles. The van der Waals surface area contributed by atoms with Gasteiger partial charge in [-0.1, -0.05) is 23.7 Å². The summed E-state index contributed by atoms with van der Waals surface area (Å²) in [5, 5.41) is 16.6. The minimum absolute atomic E-state index is 0.0996. The third kappa shape index (κ3) is 4.84. The number of anilines is 1. The number of thiazole rings is 1. The number of aromatic nitrogens is 1. The topological polar surface area (TPSA) is 78.3 Å². The highest BCUT2D eigenvalue weighted by molar-refractivity contribution is 7.09. The minimum Gasteiger partial charge on any atom is -0.477 e. The quantitative estimate of drug-likeness (QED) is 0.504. The number of nitrogens with one attached hydrogen (secondary N) is 1. The Kier molecular flexibility index (Phi) is 6.39. The molecule has 1 fully saturated rings. The van der Waals surface area contributed by atoms with Gasteiger partial charge in [-0.25, -0.2) is 9.37 Å². The number of piperidine rings is 1. The molecule has 0 radical (unpaired) electrons. The molecule has 1 saturated heterocycles. The molecule has 9 heteroatoms. The summed E-state index contributed by atoms with van der Waals surface area (Å²) in [6.45, 7) is 3.23. The van der Waals surface area contributed by atoms with E-state index in [2.05, 4.69) is 16.4 Å². The predicted octanol–water partition coefficient (Wildman–Crippen LogP) is 5.46. The molecule has 2 aromatic carbocycles. The van der Waals surface area contributed by atoms with Crippen LogP contribution in [0.5, 0.6) is 5.75 Å². The highest BCUT2D eigenvalue weighted by Crippen LogP contribution is 2.40. The summed E-state index contributed by atoms with van der Waals surface area (Å²) in [7, 11) is 0. The van der Waals surface area contributed by atoms with Crippen molar-refractivity contribution < 1.29 is 13.9 Å². The van der Waals surface area contributed by atoms with Gasteiger partial charge in [-0.05, 0) is 56.0 Å². The second kappa shape index (κ2) is 9.48. The number of hydrogen-bond acceptors (Lipinski definition) is 6. The lowest BCUT2D eigenvalue weighted by atomic mass is 9.75. The molecule has 1 atom stereocenters. The highest BCUT2D eigenvalue weighted by Gasteiger charge is 2.39. The van der Waals surface area contributed by atoms with E-state index in [0.717, 1.165) is 27.5 Å². The molecule has 180 valence electrons. The van der Waals surface area contributed by atoms with Crippen molar-refractivity contribution in [1.29, 1.82) is 5.26 Å². The van der Waals surface area contributed by atoms with Gasteiger partial charge in [0.05, 0.1) is 39.4 Å². The summed E-state index contributed by atoms with van der Waals surface area (Å²) in [5.41, 5.74) is 2.65. The van der Waals surface area contributed by atoms with Gasteiger partial charge in [0.25, 0.3) is 5.91 Å². The van der Waals surface area contributed by atoms with Crippen molar-refractivity contribution in [1.82, 2.24) is 9.88 Å². The Hall–Kier alpha value is -3.15. The second-order valence-corrected chi connectivity index (χ2v) is 10.6. The van der Waals surface area contributed by atoms with E-state index in [1.54, 1.807) is 34.4 Å². The van der Waals surface area contributed by atoms with Crippen LogP contribution < -0.4 is 10.1 Å². The fourth-order valence-corrected chi connectivity index (χ4v) is 5.56. The van der Waals surface area contributed by atoms with Gasteiger partial charge < -0.3 is 15.0 Å². The third-order valence-electron chi connectivity index (χ3n) is 6.71. The third-order valence-corrected chi connectivity index (χ3v) is 7.80. The van der Waals surface area contributed by atoms with Crippen LogP contribution in [0.25, 0.3) is 11.3 Å². The van der Waals surface area contributed by atoms with Gasteiger partial charge in [0.2, 0.25) is 0 Å². The number of aryl methyl sites for hydroxylation is 1. The molecule has 0 spiro atoms. The number of nitriles is 1.